The summed E-state index contributed by atoms with van der Waals surface area (Å²) in [7, 11) is 0. The highest BCUT2D eigenvalue weighted by molar-refractivity contribution is 8.02. The molecule has 0 aliphatic rings. The van der Waals surface area contributed by atoms with Gasteiger partial charge in [0.05, 0.1) is 16.2 Å². The summed E-state index contributed by atoms with van der Waals surface area (Å²) in [4.78, 5) is 22.5. The lowest BCUT2D eigenvalue weighted by atomic mass is 10.3. The number of nitrogens with one attached hydrogen (secondary N) is 2. The molecule has 7 nitrogen and oxygen atoms in total. The third-order valence-electron chi connectivity index (χ3n) is 2.26. The van der Waals surface area contributed by atoms with Crippen LogP contribution < -0.4 is 15.7 Å². The number of thioether (sulfide) groups is 1. The zero-order chi connectivity index (χ0) is 15.2. The van der Waals surface area contributed by atoms with E-state index in [1.54, 1.807) is 13.0 Å². The number of hydrogen-bond donors (Lipinski definition) is 2. The molecule has 0 saturated carbocycles. The van der Waals surface area contributed by atoms with Crippen LogP contribution in [0.5, 0.6) is 0 Å². The Labute approximate surface area is 132 Å². The van der Waals surface area contributed by atoms with Crippen LogP contribution in [0.15, 0.2) is 21.9 Å². The van der Waals surface area contributed by atoms with Gasteiger partial charge in [0, 0.05) is 0 Å². The number of amides is 2. The maximum atomic E-state index is 11.7. The van der Waals surface area contributed by atoms with Gasteiger partial charge >= 0.3 is 6.03 Å². The summed E-state index contributed by atoms with van der Waals surface area (Å²) < 4.78 is 0.470. The van der Waals surface area contributed by atoms with Crippen LogP contribution in [0.4, 0.5) is 14.9 Å². The van der Waals surface area contributed by atoms with Crippen molar-refractivity contribution in [3.8, 4) is 0 Å². The molecular weight excluding hydrogens is 332 g/mol. The van der Waals surface area contributed by atoms with E-state index in [0.29, 0.717) is 15.9 Å². The third-order valence-corrected chi connectivity index (χ3v) is 5.31. The standard InChI is InChI=1S/C11H12N4O3S3/c1-2-6(8(16)17)20-11-15-14-10(21-11)13-9(18)12-7-4-3-5-19-7/h3-6H,2H2,1H3,(H,16,17)(H2,12,13,14,18)/p-1/t6-/m1/s1. The number of carbonyl (C=O) groups is 2. The van der Waals surface area contributed by atoms with Gasteiger partial charge in [-0.3, -0.25) is 10.6 Å². The summed E-state index contributed by atoms with van der Waals surface area (Å²) in [6, 6.07) is 3.18. The second kappa shape index (κ2) is 7.38. The molecule has 0 aliphatic carbocycles. The van der Waals surface area contributed by atoms with Crippen molar-refractivity contribution in [1.29, 1.82) is 0 Å². The quantitative estimate of drug-likeness (QED) is 0.612. The van der Waals surface area contributed by atoms with E-state index < -0.39 is 17.3 Å². The van der Waals surface area contributed by atoms with E-state index in [-0.39, 0.29) is 0 Å². The van der Waals surface area contributed by atoms with E-state index in [1.807, 2.05) is 11.4 Å². The number of aliphatic carboxylic acids is 1. The van der Waals surface area contributed by atoms with E-state index in [4.69, 9.17) is 0 Å². The summed E-state index contributed by atoms with van der Waals surface area (Å²) in [5.74, 6) is -1.14. The zero-order valence-electron chi connectivity index (χ0n) is 10.9. The largest absolute Gasteiger partial charge is 0.549 e. The number of rotatable bonds is 6. The first kappa shape index (κ1) is 15.7. The number of carboxylic acids is 1. The van der Waals surface area contributed by atoms with Gasteiger partial charge in [-0.1, -0.05) is 30.0 Å². The first-order valence-corrected chi connectivity index (χ1v) is 8.48. The number of urea groups is 1. The van der Waals surface area contributed by atoms with Crippen LogP contribution in [-0.4, -0.2) is 27.4 Å². The Morgan fingerprint density at radius 1 is 1.43 bits per heavy atom. The number of carboxylic acid groups (broad SMARTS) is 1. The fourth-order valence-corrected chi connectivity index (χ4v) is 3.77. The van der Waals surface area contributed by atoms with Crippen LogP contribution in [0.1, 0.15) is 13.3 Å². The summed E-state index contributed by atoms with van der Waals surface area (Å²) in [5, 5.41) is 25.9. The van der Waals surface area contributed by atoms with E-state index >= 15 is 0 Å². The Balaban J connectivity index is 1.90. The molecule has 2 aromatic rings. The summed E-state index contributed by atoms with van der Waals surface area (Å²) in [5.41, 5.74) is 0. The monoisotopic (exact) mass is 343 g/mol. The molecule has 0 fully saturated rings. The lowest BCUT2D eigenvalue weighted by Crippen LogP contribution is -2.32. The van der Waals surface area contributed by atoms with Gasteiger partial charge in [0.2, 0.25) is 5.13 Å². The number of anilines is 2. The molecular formula is C11H11N4O3S3-. The van der Waals surface area contributed by atoms with Crippen molar-refractivity contribution in [2.45, 2.75) is 22.9 Å². The average Bonchev–Trinajstić information content (AvgIpc) is 3.07. The molecule has 1 atom stereocenters. The van der Waals surface area contributed by atoms with E-state index in [2.05, 4.69) is 20.8 Å². The maximum Gasteiger partial charge on any atom is 0.326 e. The minimum Gasteiger partial charge on any atom is -0.549 e. The summed E-state index contributed by atoms with van der Waals surface area (Å²) >= 11 is 3.58. The van der Waals surface area contributed by atoms with Crippen LogP contribution in [0.2, 0.25) is 0 Å². The van der Waals surface area contributed by atoms with Crippen molar-refractivity contribution in [2.24, 2.45) is 0 Å². The SMILES string of the molecule is CC[C@@H](Sc1nnc(NC(=O)Nc2cccs2)s1)C(=O)[O-]. The molecule has 0 aromatic carbocycles. The van der Waals surface area contributed by atoms with Crippen LogP contribution in [0, 0.1) is 0 Å². The third kappa shape index (κ3) is 4.69. The second-order valence-corrected chi connectivity index (χ2v) is 7.14. The molecule has 2 rings (SSSR count). The Kier molecular flexibility index (Phi) is 5.53. The molecule has 0 spiro atoms. The van der Waals surface area contributed by atoms with Gasteiger partial charge in [-0.25, -0.2) is 4.79 Å². The first-order valence-electron chi connectivity index (χ1n) is 5.91. The molecule has 0 bridgehead atoms. The fourth-order valence-electron chi connectivity index (χ4n) is 1.32. The van der Waals surface area contributed by atoms with Gasteiger partial charge in [0.1, 0.15) is 0 Å². The van der Waals surface area contributed by atoms with Gasteiger partial charge in [0.15, 0.2) is 4.34 Å². The summed E-state index contributed by atoms with van der Waals surface area (Å²) in [6.07, 6.45) is 0.425. The molecule has 2 amide bonds. The van der Waals surface area contributed by atoms with E-state index in [9.17, 15) is 14.7 Å². The maximum absolute atomic E-state index is 11.7. The normalized spacial score (nSPS) is 11.9. The molecule has 2 heterocycles. The average molecular weight is 343 g/mol. The van der Waals surface area contributed by atoms with Crippen molar-refractivity contribution in [2.75, 3.05) is 10.6 Å². The molecule has 2 N–H and O–H groups in total. The molecule has 10 heteroatoms. The highest BCUT2D eigenvalue weighted by Gasteiger charge is 2.14. The highest BCUT2D eigenvalue weighted by atomic mass is 32.2. The zero-order valence-corrected chi connectivity index (χ0v) is 13.3. The number of carbonyl (C=O) groups excluding carboxylic acids is 2. The molecule has 0 radical (unpaired) electrons. The van der Waals surface area contributed by atoms with Crippen LogP contribution in [0.25, 0.3) is 0 Å². The van der Waals surface area contributed by atoms with Crippen molar-refractivity contribution in [1.82, 2.24) is 10.2 Å². The number of nitrogens with zero attached hydrogens (tertiary/aromatic N) is 2. The molecule has 0 aliphatic heterocycles. The predicted octanol–water partition coefficient (Wildman–Crippen LogP) is 1.86. The summed E-state index contributed by atoms with van der Waals surface area (Å²) in [6.45, 7) is 1.75. The van der Waals surface area contributed by atoms with Gasteiger partial charge in [0.25, 0.3) is 0 Å². The lowest BCUT2D eigenvalue weighted by Gasteiger charge is -2.12. The Morgan fingerprint density at radius 2 is 2.24 bits per heavy atom. The van der Waals surface area contributed by atoms with Crippen molar-refractivity contribution in [3.63, 3.8) is 0 Å². The Bertz CT molecular complexity index is 614. The molecule has 0 unspecified atom stereocenters. The van der Waals surface area contributed by atoms with Crippen molar-refractivity contribution >= 4 is 56.6 Å². The Morgan fingerprint density at radius 3 is 2.86 bits per heavy atom. The Hall–Kier alpha value is -1.65. The molecule has 21 heavy (non-hydrogen) atoms. The smallest absolute Gasteiger partial charge is 0.326 e. The second-order valence-electron chi connectivity index (χ2n) is 3.76. The number of aromatic nitrogens is 2. The fraction of sp³-hybridized carbons (Fsp3) is 0.273. The van der Waals surface area contributed by atoms with Gasteiger partial charge in [-0.2, -0.15) is 0 Å². The first-order chi connectivity index (χ1) is 10.1. The van der Waals surface area contributed by atoms with E-state index in [0.717, 1.165) is 28.1 Å². The van der Waals surface area contributed by atoms with Gasteiger partial charge < -0.3 is 9.90 Å². The molecule has 0 saturated heterocycles. The van der Waals surface area contributed by atoms with Crippen molar-refractivity contribution in [3.05, 3.63) is 17.5 Å². The predicted molar refractivity (Wildman–Crippen MR) is 81.8 cm³/mol. The highest BCUT2D eigenvalue weighted by Crippen LogP contribution is 2.30. The number of hydrogen-bond acceptors (Lipinski definition) is 8. The van der Waals surface area contributed by atoms with Crippen molar-refractivity contribution < 1.29 is 14.7 Å². The van der Waals surface area contributed by atoms with E-state index in [1.165, 1.54) is 11.3 Å². The van der Waals surface area contributed by atoms with Crippen LogP contribution >= 0.6 is 34.4 Å². The molecule has 2 aromatic heterocycles. The van der Waals surface area contributed by atoms with Gasteiger partial charge in [-0.15, -0.1) is 21.5 Å². The lowest BCUT2D eigenvalue weighted by molar-refractivity contribution is -0.304. The number of thiophene rings is 1. The topological polar surface area (TPSA) is 107 Å². The molecule has 112 valence electrons. The van der Waals surface area contributed by atoms with Crippen LogP contribution in [0.3, 0.4) is 0 Å². The minimum absolute atomic E-state index is 0.305. The minimum atomic E-state index is -1.14. The van der Waals surface area contributed by atoms with Crippen LogP contribution in [-0.2, 0) is 4.79 Å². The van der Waals surface area contributed by atoms with Gasteiger partial charge in [-0.05, 0) is 23.9 Å².